The SMILES string of the molecule is O=C(Cc1ccc2c(c1)OCO2)Nc1ccc(-n2nc(C(F)(F)F)cc2C(F)(F)F)cc1. The zero-order valence-electron chi connectivity index (χ0n) is 15.9. The number of amides is 1. The first-order valence-corrected chi connectivity index (χ1v) is 9.04. The van der Waals surface area contributed by atoms with E-state index < -0.39 is 29.6 Å². The number of nitrogens with zero attached hydrogens (tertiary/aromatic N) is 2. The van der Waals surface area contributed by atoms with Crippen molar-refractivity contribution in [1.82, 2.24) is 9.78 Å². The second-order valence-corrected chi connectivity index (χ2v) is 6.78. The Hall–Kier alpha value is -3.70. The lowest BCUT2D eigenvalue weighted by atomic mass is 10.1. The Bertz CT molecular complexity index is 1150. The van der Waals surface area contributed by atoms with Gasteiger partial charge in [0, 0.05) is 11.8 Å². The number of anilines is 1. The average molecular weight is 457 g/mol. The van der Waals surface area contributed by atoms with Crippen molar-refractivity contribution in [1.29, 1.82) is 0 Å². The number of carbonyl (C=O) groups excluding carboxylic acids is 1. The van der Waals surface area contributed by atoms with Gasteiger partial charge in [-0.25, -0.2) is 4.68 Å². The van der Waals surface area contributed by atoms with Gasteiger partial charge in [-0.05, 0) is 42.0 Å². The molecule has 1 aromatic heterocycles. The minimum atomic E-state index is -5.05. The molecule has 4 rings (SSSR count). The summed E-state index contributed by atoms with van der Waals surface area (Å²) < 4.78 is 88.6. The lowest BCUT2D eigenvalue weighted by molar-refractivity contribution is -0.143. The Morgan fingerprint density at radius 2 is 1.62 bits per heavy atom. The standard InChI is InChI=1S/C20H13F6N3O3/c21-19(22,23)16-9-17(20(24,25)26)29(28-16)13-4-2-12(3-5-13)27-18(30)8-11-1-6-14-15(7-11)32-10-31-14/h1-7,9H,8,10H2,(H,27,30). The van der Waals surface area contributed by atoms with Crippen LogP contribution in [0.25, 0.3) is 5.69 Å². The van der Waals surface area contributed by atoms with Crippen molar-refractivity contribution in [3.63, 3.8) is 0 Å². The van der Waals surface area contributed by atoms with E-state index in [1.807, 2.05) is 0 Å². The molecule has 0 radical (unpaired) electrons. The molecule has 0 fully saturated rings. The van der Waals surface area contributed by atoms with Crippen molar-refractivity contribution in [2.24, 2.45) is 0 Å². The fraction of sp³-hybridized carbons (Fsp3) is 0.200. The third-order valence-corrected chi connectivity index (χ3v) is 4.49. The maximum absolute atomic E-state index is 13.2. The average Bonchev–Trinajstić information content (AvgIpc) is 3.35. The highest BCUT2D eigenvalue weighted by atomic mass is 19.4. The van der Waals surface area contributed by atoms with E-state index in [-0.39, 0.29) is 35.3 Å². The minimum Gasteiger partial charge on any atom is -0.454 e. The lowest BCUT2D eigenvalue weighted by Gasteiger charge is -2.11. The van der Waals surface area contributed by atoms with E-state index in [1.165, 1.54) is 12.1 Å². The molecule has 0 aliphatic carbocycles. The molecule has 0 saturated carbocycles. The van der Waals surface area contributed by atoms with Gasteiger partial charge in [0.15, 0.2) is 17.2 Å². The van der Waals surface area contributed by atoms with Gasteiger partial charge in [0.25, 0.3) is 0 Å². The van der Waals surface area contributed by atoms with Crippen LogP contribution in [0.15, 0.2) is 48.5 Å². The number of alkyl halides is 6. The van der Waals surface area contributed by atoms with Crippen LogP contribution < -0.4 is 14.8 Å². The van der Waals surface area contributed by atoms with Crippen molar-refractivity contribution in [2.75, 3.05) is 12.1 Å². The summed E-state index contributed by atoms with van der Waals surface area (Å²) in [7, 11) is 0. The minimum absolute atomic E-state index is 0.00921. The summed E-state index contributed by atoms with van der Waals surface area (Å²) in [5.74, 6) is 0.666. The lowest BCUT2D eigenvalue weighted by Crippen LogP contribution is -2.15. The Balaban J connectivity index is 1.50. The summed E-state index contributed by atoms with van der Waals surface area (Å²) in [5.41, 5.74) is -2.58. The monoisotopic (exact) mass is 457 g/mol. The molecular formula is C20H13F6N3O3. The Kier molecular flexibility index (Phi) is 5.23. The van der Waals surface area contributed by atoms with Crippen LogP contribution in [0.4, 0.5) is 32.0 Å². The summed E-state index contributed by atoms with van der Waals surface area (Å²) in [5, 5.41) is 5.62. The van der Waals surface area contributed by atoms with Gasteiger partial charge in [-0.1, -0.05) is 6.07 Å². The van der Waals surface area contributed by atoms with Gasteiger partial charge in [-0.15, -0.1) is 0 Å². The van der Waals surface area contributed by atoms with Crippen molar-refractivity contribution < 1.29 is 40.6 Å². The molecule has 168 valence electrons. The van der Waals surface area contributed by atoms with E-state index in [4.69, 9.17) is 9.47 Å². The fourth-order valence-corrected chi connectivity index (χ4v) is 3.05. The number of carbonyl (C=O) groups is 1. The van der Waals surface area contributed by atoms with Crippen LogP contribution in [-0.2, 0) is 23.6 Å². The highest BCUT2D eigenvalue weighted by Crippen LogP contribution is 2.36. The molecule has 2 aromatic carbocycles. The summed E-state index contributed by atoms with van der Waals surface area (Å²) in [6, 6.07) is 9.73. The van der Waals surface area contributed by atoms with Gasteiger partial charge >= 0.3 is 12.4 Å². The maximum atomic E-state index is 13.2. The van der Waals surface area contributed by atoms with Crippen molar-refractivity contribution in [2.45, 2.75) is 18.8 Å². The van der Waals surface area contributed by atoms with E-state index in [0.29, 0.717) is 17.1 Å². The molecular weight excluding hydrogens is 444 g/mol. The van der Waals surface area contributed by atoms with E-state index in [0.717, 1.165) is 12.1 Å². The summed E-state index contributed by atoms with van der Waals surface area (Å²) in [6.45, 7) is 0.0914. The third kappa shape index (κ3) is 4.48. The second-order valence-electron chi connectivity index (χ2n) is 6.78. The molecule has 3 aromatic rings. The maximum Gasteiger partial charge on any atom is 0.435 e. The Morgan fingerprint density at radius 1 is 0.938 bits per heavy atom. The molecule has 32 heavy (non-hydrogen) atoms. The zero-order valence-corrected chi connectivity index (χ0v) is 15.9. The summed E-state index contributed by atoms with van der Waals surface area (Å²) >= 11 is 0. The van der Waals surface area contributed by atoms with Gasteiger partial charge in [0.05, 0.1) is 12.1 Å². The molecule has 0 bridgehead atoms. The second kappa shape index (κ2) is 7.77. The van der Waals surface area contributed by atoms with Crippen LogP contribution in [0.3, 0.4) is 0 Å². The molecule has 0 saturated heterocycles. The first-order valence-electron chi connectivity index (χ1n) is 9.04. The van der Waals surface area contributed by atoms with Crippen LogP contribution in [0.1, 0.15) is 17.0 Å². The number of rotatable bonds is 4. The summed E-state index contributed by atoms with van der Waals surface area (Å²) in [6.07, 6.45) is -10.1. The van der Waals surface area contributed by atoms with E-state index in [9.17, 15) is 31.1 Å². The third-order valence-electron chi connectivity index (χ3n) is 4.49. The molecule has 2 heterocycles. The summed E-state index contributed by atoms with van der Waals surface area (Å²) in [4.78, 5) is 12.3. The zero-order chi connectivity index (χ0) is 23.1. The topological polar surface area (TPSA) is 65.4 Å². The normalized spacial score (nSPS) is 13.3. The van der Waals surface area contributed by atoms with Crippen LogP contribution >= 0.6 is 0 Å². The van der Waals surface area contributed by atoms with Gasteiger partial charge in [0.2, 0.25) is 12.7 Å². The van der Waals surface area contributed by atoms with Crippen LogP contribution in [0.2, 0.25) is 0 Å². The van der Waals surface area contributed by atoms with Gasteiger partial charge in [0.1, 0.15) is 5.69 Å². The van der Waals surface area contributed by atoms with Gasteiger partial charge in [-0.3, -0.25) is 4.79 Å². The fourth-order valence-electron chi connectivity index (χ4n) is 3.05. The molecule has 1 aliphatic heterocycles. The largest absolute Gasteiger partial charge is 0.454 e. The highest BCUT2D eigenvalue weighted by molar-refractivity contribution is 5.92. The van der Waals surface area contributed by atoms with Crippen molar-refractivity contribution >= 4 is 11.6 Å². The molecule has 0 atom stereocenters. The molecule has 1 N–H and O–H groups in total. The van der Waals surface area contributed by atoms with E-state index >= 15 is 0 Å². The van der Waals surface area contributed by atoms with Crippen LogP contribution in [-0.4, -0.2) is 22.5 Å². The number of hydrogen-bond donors (Lipinski definition) is 1. The number of fused-ring (bicyclic) bond motifs is 1. The Labute approximate surface area is 176 Å². The molecule has 0 spiro atoms. The quantitative estimate of drug-likeness (QED) is 0.571. The highest BCUT2D eigenvalue weighted by Gasteiger charge is 2.42. The van der Waals surface area contributed by atoms with Gasteiger partial charge in [-0.2, -0.15) is 31.4 Å². The molecule has 0 unspecified atom stereocenters. The van der Waals surface area contributed by atoms with Gasteiger partial charge < -0.3 is 14.8 Å². The first-order chi connectivity index (χ1) is 15.0. The number of aromatic nitrogens is 2. The first kappa shape index (κ1) is 21.5. The number of nitrogens with one attached hydrogen (secondary N) is 1. The molecule has 1 amide bonds. The molecule has 6 nitrogen and oxygen atoms in total. The Morgan fingerprint density at radius 3 is 2.28 bits per heavy atom. The van der Waals surface area contributed by atoms with E-state index in [1.54, 1.807) is 18.2 Å². The van der Waals surface area contributed by atoms with E-state index in [2.05, 4.69) is 10.4 Å². The van der Waals surface area contributed by atoms with Crippen molar-refractivity contribution in [3.05, 3.63) is 65.5 Å². The van der Waals surface area contributed by atoms with Crippen LogP contribution in [0, 0.1) is 0 Å². The smallest absolute Gasteiger partial charge is 0.435 e. The number of benzene rings is 2. The predicted octanol–water partition coefficient (Wildman–Crippen LogP) is 4.82. The van der Waals surface area contributed by atoms with Crippen molar-refractivity contribution in [3.8, 4) is 17.2 Å². The number of hydrogen-bond acceptors (Lipinski definition) is 4. The molecule has 12 heteroatoms. The number of halogens is 6. The number of ether oxygens (including phenoxy) is 2. The van der Waals surface area contributed by atoms with Crippen LogP contribution in [0.5, 0.6) is 11.5 Å². The predicted molar refractivity (Wildman–Crippen MR) is 98.5 cm³/mol. The molecule has 1 aliphatic rings.